The third-order valence-electron chi connectivity index (χ3n) is 5.19. The van der Waals surface area contributed by atoms with Gasteiger partial charge in [-0.1, -0.05) is 18.2 Å². The highest BCUT2D eigenvalue weighted by atomic mass is 35.5. The number of aryl methyl sites for hydroxylation is 1. The smallest absolute Gasteiger partial charge is 0.254 e. The van der Waals surface area contributed by atoms with Crippen molar-refractivity contribution in [3.8, 4) is 11.4 Å². The summed E-state index contributed by atoms with van der Waals surface area (Å²) >= 11 is 0. The highest BCUT2D eigenvalue weighted by Gasteiger charge is 2.30. The van der Waals surface area contributed by atoms with Crippen LogP contribution < -0.4 is 10.1 Å². The van der Waals surface area contributed by atoms with E-state index in [9.17, 15) is 4.79 Å². The zero-order chi connectivity index (χ0) is 19.5. The second-order valence-corrected chi connectivity index (χ2v) is 6.89. The number of piperazine rings is 1. The van der Waals surface area contributed by atoms with E-state index in [-0.39, 0.29) is 24.4 Å². The molecule has 1 aromatic heterocycles. The van der Waals surface area contributed by atoms with E-state index in [2.05, 4.69) is 10.4 Å². The van der Waals surface area contributed by atoms with Crippen molar-refractivity contribution in [3.05, 3.63) is 77.6 Å². The predicted octanol–water partition coefficient (Wildman–Crippen LogP) is 3.40. The van der Waals surface area contributed by atoms with Crippen LogP contribution in [0.3, 0.4) is 0 Å². The molecule has 4 rings (SSSR count). The van der Waals surface area contributed by atoms with Crippen molar-refractivity contribution < 1.29 is 9.53 Å². The molecule has 2 heterocycles. The zero-order valence-electron chi connectivity index (χ0n) is 16.5. The summed E-state index contributed by atoms with van der Waals surface area (Å²) in [4.78, 5) is 15.2. The second kappa shape index (κ2) is 9.11. The van der Waals surface area contributed by atoms with Crippen molar-refractivity contribution in [1.29, 1.82) is 0 Å². The van der Waals surface area contributed by atoms with E-state index in [1.165, 1.54) is 0 Å². The fraction of sp³-hybridized carbons (Fsp3) is 0.273. The predicted molar refractivity (Wildman–Crippen MR) is 115 cm³/mol. The van der Waals surface area contributed by atoms with Gasteiger partial charge in [0.05, 0.1) is 18.8 Å². The number of aromatic nitrogens is 2. The van der Waals surface area contributed by atoms with Crippen LogP contribution >= 0.6 is 12.4 Å². The molecule has 1 aliphatic rings. The number of amides is 1. The van der Waals surface area contributed by atoms with E-state index < -0.39 is 0 Å². The number of hydrogen-bond donors (Lipinski definition) is 1. The number of para-hydroxylation sites is 1. The van der Waals surface area contributed by atoms with Gasteiger partial charge in [0, 0.05) is 42.7 Å². The summed E-state index contributed by atoms with van der Waals surface area (Å²) < 4.78 is 7.38. The van der Waals surface area contributed by atoms with Gasteiger partial charge in [-0.15, -0.1) is 12.4 Å². The van der Waals surface area contributed by atoms with Crippen LogP contribution in [0.2, 0.25) is 0 Å². The van der Waals surface area contributed by atoms with Crippen LogP contribution in [0.5, 0.6) is 5.75 Å². The summed E-state index contributed by atoms with van der Waals surface area (Å²) in [6, 6.07) is 17.4. The van der Waals surface area contributed by atoms with Crippen LogP contribution in [0, 0.1) is 6.92 Å². The Morgan fingerprint density at radius 1 is 1.14 bits per heavy atom. The van der Waals surface area contributed by atoms with E-state index >= 15 is 0 Å². The lowest BCUT2D eigenvalue weighted by molar-refractivity contribution is 0.0631. The first-order valence-electron chi connectivity index (χ1n) is 9.44. The summed E-state index contributed by atoms with van der Waals surface area (Å²) in [5.41, 5.74) is 3.70. The van der Waals surface area contributed by atoms with Gasteiger partial charge in [-0.2, -0.15) is 5.10 Å². The number of halogens is 1. The largest absolute Gasteiger partial charge is 0.496 e. The van der Waals surface area contributed by atoms with E-state index in [1.54, 1.807) is 13.3 Å². The number of benzene rings is 2. The summed E-state index contributed by atoms with van der Waals surface area (Å²) in [7, 11) is 1.66. The van der Waals surface area contributed by atoms with Crippen molar-refractivity contribution in [2.75, 3.05) is 26.7 Å². The first-order valence-corrected chi connectivity index (χ1v) is 9.44. The number of rotatable bonds is 4. The van der Waals surface area contributed by atoms with Crippen LogP contribution in [0.15, 0.2) is 60.8 Å². The second-order valence-electron chi connectivity index (χ2n) is 6.89. The first kappa shape index (κ1) is 20.9. The molecule has 1 saturated heterocycles. The molecule has 6 nitrogen and oxygen atoms in total. The van der Waals surface area contributed by atoms with Crippen LogP contribution in [0.4, 0.5) is 0 Å². The molecule has 1 atom stereocenters. The molecule has 1 fully saturated rings. The van der Waals surface area contributed by atoms with Gasteiger partial charge in [-0.25, -0.2) is 4.68 Å². The molecule has 29 heavy (non-hydrogen) atoms. The number of carbonyl (C=O) groups excluding carboxylic acids is 1. The highest BCUT2D eigenvalue weighted by molar-refractivity contribution is 5.94. The quantitative estimate of drug-likeness (QED) is 0.713. The van der Waals surface area contributed by atoms with Crippen molar-refractivity contribution in [2.45, 2.75) is 13.0 Å². The van der Waals surface area contributed by atoms with Crippen molar-refractivity contribution in [3.63, 3.8) is 0 Å². The SMILES string of the molecule is COc1ccccc1C1CNCCN1C(=O)c1ccc(-n2nccc2C)cc1.Cl. The Balaban J connectivity index is 0.00000240. The molecule has 0 saturated carbocycles. The van der Waals surface area contributed by atoms with Gasteiger partial charge in [0.25, 0.3) is 5.91 Å². The molecule has 0 spiro atoms. The summed E-state index contributed by atoms with van der Waals surface area (Å²) in [6.45, 7) is 4.14. The lowest BCUT2D eigenvalue weighted by atomic mass is 10.0. The van der Waals surface area contributed by atoms with Gasteiger partial charge >= 0.3 is 0 Å². The fourth-order valence-electron chi connectivity index (χ4n) is 3.72. The monoisotopic (exact) mass is 412 g/mol. The number of ether oxygens (including phenoxy) is 1. The lowest BCUT2D eigenvalue weighted by Gasteiger charge is -2.37. The van der Waals surface area contributed by atoms with Crippen LogP contribution in [-0.2, 0) is 0 Å². The minimum atomic E-state index is -0.0644. The molecule has 0 bridgehead atoms. The number of nitrogens with one attached hydrogen (secondary N) is 1. The maximum Gasteiger partial charge on any atom is 0.254 e. The first-order chi connectivity index (χ1) is 13.7. The van der Waals surface area contributed by atoms with Crippen molar-refractivity contribution in [1.82, 2.24) is 20.0 Å². The van der Waals surface area contributed by atoms with Crippen LogP contribution in [-0.4, -0.2) is 47.3 Å². The maximum absolute atomic E-state index is 13.3. The number of hydrogen-bond acceptors (Lipinski definition) is 4. The molecule has 3 aromatic rings. The maximum atomic E-state index is 13.3. The van der Waals surface area contributed by atoms with E-state index in [0.29, 0.717) is 18.7 Å². The normalized spacial score (nSPS) is 16.2. The molecular weight excluding hydrogens is 388 g/mol. The van der Waals surface area contributed by atoms with Gasteiger partial charge in [0.1, 0.15) is 5.75 Å². The molecule has 1 amide bonds. The average Bonchev–Trinajstić information content (AvgIpc) is 3.19. The fourth-order valence-corrected chi connectivity index (χ4v) is 3.72. The number of carbonyl (C=O) groups is 1. The summed E-state index contributed by atoms with van der Waals surface area (Å²) in [5.74, 6) is 0.833. The Morgan fingerprint density at radius 3 is 2.59 bits per heavy atom. The topological polar surface area (TPSA) is 59.4 Å². The number of nitrogens with zero attached hydrogens (tertiary/aromatic N) is 3. The Morgan fingerprint density at radius 2 is 1.90 bits per heavy atom. The van der Waals surface area contributed by atoms with Gasteiger partial charge in [0.15, 0.2) is 0 Å². The highest BCUT2D eigenvalue weighted by Crippen LogP contribution is 2.31. The molecule has 152 valence electrons. The standard InChI is InChI=1S/C22H24N4O2.ClH/c1-16-11-12-24-26(16)18-9-7-17(8-10-18)22(27)25-14-13-23-15-20(25)19-5-3-4-6-21(19)28-2;/h3-12,20,23H,13-15H2,1-2H3;1H. The van der Waals surface area contributed by atoms with Crippen LogP contribution in [0.1, 0.15) is 27.7 Å². The molecule has 1 aliphatic heterocycles. The summed E-state index contributed by atoms with van der Waals surface area (Å²) in [5, 5.41) is 7.71. The van der Waals surface area contributed by atoms with Gasteiger partial charge < -0.3 is 15.0 Å². The Bertz CT molecular complexity index is 971. The van der Waals surface area contributed by atoms with Gasteiger partial charge in [-0.3, -0.25) is 4.79 Å². The number of methoxy groups -OCH3 is 1. The van der Waals surface area contributed by atoms with Crippen molar-refractivity contribution >= 4 is 18.3 Å². The molecule has 0 aliphatic carbocycles. The average molecular weight is 413 g/mol. The summed E-state index contributed by atoms with van der Waals surface area (Å²) in [6.07, 6.45) is 1.77. The lowest BCUT2D eigenvalue weighted by Crippen LogP contribution is -2.48. The van der Waals surface area contributed by atoms with E-state index in [0.717, 1.165) is 29.2 Å². The zero-order valence-corrected chi connectivity index (χ0v) is 17.4. The Hall–Kier alpha value is -2.83. The molecule has 1 N–H and O–H groups in total. The molecule has 1 unspecified atom stereocenters. The Labute approximate surface area is 176 Å². The van der Waals surface area contributed by atoms with Gasteiger partial charge in [0.2, 0.25) is 0 Å². The third kappa shape index (κ3) is 4.13. The van der Waals surface area contributed by atoms with Crippen LogP contribution in [0.25, 0.3) is 5.69 Å². The van der Waals surface area contributed by atoms with E-state index in [1.807, 2.05) is 71.1 Å². The molecule has 0 radical (unpaired) electrons. The Kier molecular flexibility index (Phi) is 6.56. The third-order valence-corrected chi connectivity index (χ3v) is 5.19. The minimum absolute atomic E-state index is 0. The molecule has 7 heteroatoms. The molecule has 2 aromatic carbocycles. The van der Waals surface area contributed by atoms with Gasteiger partial charge in [-0.05, 0) is 43.3 Å². The van der Waals surface area contributed by atoms with E-state index in [4.69, 9.17) is 4.74 Å². The minimum Gasteiger partial charge on any atom is -0.496 e. The van der Waals surface area contributed by atoms with Crippen molar-refractivity contribution in [2.24, 2.45) is 0 Å². The molecular formula is C22H25ClN4O2.